The zero-order valence-corrected chi connectivity index (χ0v) is 10.6. The molecule has 1 unspecified atom stereocenters. The second-order valence-electron chi connectivity index (χ2n) is 3.89. The number of carbonyl (C=O) groups is 2. The summed E-state index contributed by atoms with van der Waals surface area (Å²) in [4.78, 5) is 22.6. The lowest BCUT2D eigenvalue weighted by Crippen LogP contribution is -2.37. The molecule has 0 rings (SSSR count). The highest BCUT2D eigenvalue weighted by Crippen LogP contribution is 2.10. The van der Waals surface area contributed by atoms with Crippen LogP contribution in [0.2, 0.25) is 0 Å². The van der Waals surface area contributed by atoms with Gasteiger partial charge in [-0.2, -0.15) is 0 Å². The van der Waals surface area contributed by atoms with E-state index in [1.54, 1.807) is 0 Å². The Kier molecular flexibility index (Phi) is 8.58. The fourth-order valence-corrected chi connectivity index (χ4v) is 1.53. The molecule has 0 saturated carbocycles. The summed E-state index contributed by atoms with van der Waals surface area (Å²) in [6.45, 7) is 6.95. The molecule has 0 aliphatic rings. The second-order valence-corrected chi connectivity index (χ2v) is 3.89. The molecule has 0 fully saturated rings. The van der Waals surface area contributed by atoms with Gasteiger partial charge < -0.3 is 10.6 Å². The zero-order chi connectivity index (χ0) is 12.4. The summed E-state index contributed by atoms with van der Waals surface area (Å²) in [5.74, 6) is 0.247. The van der Waals surface area contributed by atoms with Crippen molar-refractivity contribution in [2.45, 2.75) is 46.5 Å². The molecule has 0 bridgehead atoms. The smallest absolute Gasteiger partial charge is 0.223 e. The average Bonchev–Trinajstić information content (AvgIpc) is 2.30. The van der Waals surface area contributed by atoms with Crippen LogP contribution in [-0.4, -0.2) is 24.9 Å². The number of hydrogen-bond acceptors (Lipinski definition) is 2. The van der Waals surface area contributed by atoms with Crippen molar-refractivity contribution in [3.63, 3.8) is 0 Å². The van der Waals surface area contributed by atoms with Crippen molar-refractivity contribution in [2.75, 3.05) is 13.1 Å². The van der Waals surface area contributed by atoms with Crippen molar-refractivity contribution < 1.29 is 9.59 Å². The van der Waals surface area contributed by atoms with Crippen LogP contribution in [0.4, 0.5) is 0 Å². The molecule has 94 valence electrons. The summed E-state index contributed by atoms with van der Waals surface area (Å²) in [6.07, 6.45) is 3.32. The monoisotopic (exact) mass is 228 g/mol. The summed E-state index contributed by atoms with van der Waals surface area (Å²) in [7, 11) is 0. The SMILES string of the molecule is CCCC(CC)C(=O)NCCNC(=O)CC. The molecule has 0 saturated heterocycles. The first-order valence-electron chi connectivity index (χ1n) is 6.20. The molecule has 0 radical (unpaired) electrons. The third-order valence-corrected chi connectivity index (χ3v) is 2.57. The van der Waals surface area contributed by atoms with Crippen LogP contribution < -0.4 is 10.6 Å². The summed E-state index contributed by atoms with van der Waals surface area (Å²) in [5.41, 5.74) is 0. The summed E-state index contributed by atoms with van der Waals surface area (Å²) in [5, 5.41) is 5.57. The molecule has 0 aromatic carbocycles. The third-order valence-electron chi connectivity index (χ3n) is 2.57. The Balaban J connectivity index is 3.67. The molecular weight excluding hydrogens is 204 g/mol. The lowest BCUT2D eigenvalue weighted by Gasteiger charge is -2.14. The van der Waals surface area contributed by atoms with Gasteiger partial charge in [-0.05, 0) is 12.8 Å². The van der Waals surface area contributed by atoms with Crippen molar-refractivity contribution in [1.82, 2.24) is 10.6 Å². The molecule has 0 aliphatic heterocycles. The number of hydrogen-bond donors (Lipinski definition) is 2. The van der Waals surface area contributed by atoms with Crippen LogP contribution in [0.5, 0.6) is 0 Å². The van der Waals surface area contributed by atoms with Crippen molar-refractivity contribution in [3.8, 4) is 0 Å². The van der Waals surface area contributed by atoms with Crippen molar-refractivity contribution in [2.24, 2.45) is 5.92 Å². The van der Waals surface area contributed by atoms with E-state index in [1.807, 2.05) is 13.8 Å². The van der Waals surface area contributed by atoms with Crippen LogP contribution in [0.25, 0.3) is 0 Å². The maximum absolute atomic E-state index is 11.7. The Labute approximate surface area is 98.2 Å². The maximum Gasteiger partial charge on any atom is 0.223 e. The quantitative estimate of drug-likeness (QED) is 0.618. The van der Waals surface area contributed by atoms with Crippen LogP contribution >= 0.6 is 0 Å². The fraction of sp³-hybridized carbons (Fsp3) is 0.833. The van der Waals surface area contributed by atoms with E-state index >= 15 is 0 Å². The molecule has 2 amide bonds. The van der Waals surface area contributed by atoms with Crippen LogP contribution in [0, 0.1) is 5.92 Å². The minimum Gasteiger partial charge on any atom is -0.354 e. The molecule has 2 N–H and O–H groups in total. The Morgan fingerprint density at radius 3 is 2.19 bits per heavy atom. The first kappa shape index (κ1) is 14.9. The predicted octanol–water partition coefficient (Wildman–Crippen LogP) is 1.46. The molecule has 4 heteroatoms. The van der Waals surface area contributed by atoms with Gasteiger partial charge in [-0.25, -0.2) is 0 Å². The van der Waals surface area contributed by atoms with E-state index in [1.165, 1.54) is 0 Å². The minimum atomic E-state index is 0.0230. The molecule has 0 spiro atoms. The van der Waals surface area contributed by atoms with Crippen LogP contribution in [0.1, 0.15) is 46.5 Å². The summed E-state index contributed by atoms with van der Waals surface area (Å²) < 4.78 is 0. The van der Waals surface area contributed by atoms with Gasteiger partial charge in [-0.1, -0.05) is 27.2 Å². The largest absolute Gasteiger partial charge is 0.354 e. The molecule has 0 aromatic rings. The highest BCUT2D eigenvalue weighted by Gasteiger charge is 2.14. The highest BCUT2D eigenvalue weighted by molar-refractivity contribution is 5.78. The van der Waals surface area contributed by atoms with E-state index in [4.69, 9.17) is 0 Å². The van der Waals surface area contributed by atoms with Crippen molar-refractivity contribution in [3.05, 3.63) is 0 Å². The highest BCUT2D eigenvalue weighted by atomic mass is 16.2. The fourth-order valence-electron chi connectivity index (χ4n) is 1.53. The van der Waals surface area contributed by atoms with Gasteiger partial charge in [0, 0.05) is 25.4 Å². The Bertz CT molecular complexity index is 217. The number of amides is 2. The van der Waals surface area contributed by atoms with E-state index in [9.17, 15) is 9.59 Å². The molecule has 0 aromatic heterocycles. The molecule has 4 nitrogen and oxygen atoms in total. The average molecular weight is 228 g/mol. The van der Waals surface area contributed by atoms with Crippen LogP contribution in [0.3, 0.4) is 0 Å². The van der Waals surface area contributed by atoms with Gasteiger partial charge in [-0.3, -0.25) is 9.59 Å². The normalized spacial score (nSPS) is 11.9. The van der Waals surface area contributed by atoms with Gasteiger partial charge in [0.05, 0.1) is 0 Å². The maximum atomic E-state index is 11.7. The first-order valence-corrected chi connectivity index (χ1v) is 6.20. The lowest BCUT2D eigenvalue weighted by molar-refractivity contribution is -0.125. The molecular formula is C12H24N2O2. The second kappa shape index (κ2) is 9.19. The van der Waals surface area contributed by atoms with Crippen LogP contribution in [0.15, 0.2) is 0 Å². The number of nitrogens with one attached hydrogen (secondary N) is 2. The predicted molar refractivity (Wildman–Crippen MR) is 65.0 cm³/mol. The van der Waals surface area contributed by atoms with E-state index in [0.29, 0.717) is 19.5 Å². The van der Waals surface area contributed by atoms with Gasteiger partial charge in [0.15, 0.2) is 0 Å². The topological polar surface area (TPSA) is 58.2 Å². The van der Waals surface area contributed by atoms with E-state index in [-0.39, 0.29) is 17.7 Å². The van der Waals surface area contributed by atoms with Crippen LogP contribution in [-0.2, 0) is 9.59 Å². The van der Waals surface area contributed by atoms with Gasteiger partial charge in [-0.15, -0.1) is 0 Å². The summed E-state index contributed by atoms with van der Waals surface area (Å²) in [6, 6.07) is 0. The third kappa shape index (κ3) is 6.43. The van der Waals surface area contributed by atoms with Gasteiger partial charge in [0.1, 0.15) is 0 Å². The minimum absolute atomic E-state index is 0.0230. The number of rotatable bonds is 8. The molecule has 1 atom stereocenters. The standard InChI is InChI=1S/C12H24N2O2/c1-4-7-10(5-2)12(16)14-9-8-13-11(15)6-3/h10H,4-9H2,1-3H3,(H,13,15)(H,14,16). The Morgan fingerprint density at radius 2 is 1.69 bits per heavy atom. The van der Waals surface area contributed by atoms with E-state index in [2.05, 4.69) is 17.6 Å². The van der Waals surface area contributed by atoms with E-state index < -0.39 is 0 Å². The lowest BCUT2D eigenvalue weighted by atomic mass is 10.00. The molecule has 0 heterocycles. The van der Waals surface area contributed by atoms with Gasteiger partial charge in [0.25, 0.3) is 0 Å². The van der Waals surface area contributed by atoms with Crippen molar-refractivity contribution >= 4 is 11.8 Å². The van der Waals surface area contributed by atoms with Gasteiger partial charge in [0.2, 0.25) is 11.8 Å². The molecule has 0 aliphatic carbocycles. The van der Waals surface area contributed by atoms with Crippen molar-refractivity contribution in [1.29, 1.82) is 0 Å². The Hall–Kier alpha value is -1.06. The number of carbonyl (C=O) groups excluding carboxylic acids is 2. The molecule has 16 heavy (non-hydrogen) atoms. The Morgan fingerprint density at radius 1 is 1.06 bits per heavy atom. The first-order chi connectivity index (χ1) is 7.65. The van der Waals surface area contributed by atoms with Gasteiger partial charge >= 0.3 is 0 Å². The van der Waals surface area contributed by atoms with E-state index in [0.717, 1.165) is 19.3 Å². The zero-order valence-electron chi connectivity index (χ0n) is 10.6. The summed E-state index contributed by atoms with van der Waals surface area (Å²) >= 11 is 0.